The van der Waals surface area contributed by atoms with Crippen LogP contribution >= 0.6 is 0 Å². The molecule has 3 nitrogen and oxygen atoms in total. The summed E-state index contributed by atoms with van der Waals surface area (Å²) in [6, 6.07) is 8.84. The Labute approximate surface area is 87.1 Å². The molecule has 0 amide bonds. The first-order valence-corrected chi connectivity index (χ1v) is 4.61. The van der Waals surface area contributed by atoms with Crippen molar-refractivity contribution in [1.82, 2.24) is 0 Å². The van der Waals surface area contributed by atoms with Crippen molar-refractivity contribution < 1.29 is 9.90 Å². The highest BCUT2D eigenvalue weighted by molar-refractivity contribution is 6.04. The maximum absolute atomic E-state index is 11.0. The van der Waals surface area contributed by atoms with Crippen LogP contribution in [0, 0.1) is 6.92 Å². The van der Waals surface area contributed by atoms with Gasteiger partial charge in [-0.2, -0.15) is 0 Å². The molecule has 0 saturated carbocycles. The van der Waals surface area contributed by atoms with Crippen LogP contribution < -0.4 is 5.73 Å². The monoisotopic (exact) mass is 201 g/mol. The average molecular weight is 201 g/mol. The number of hydrogen-bond acceptors (Lipinski definition) is 2. The van der Waals surface area contributed by atoms with Crippen molar-refractivity contribution in [3.8, 4) is 0 Å². The van der Waals surface area contributed by atoms with Crippen LogP contribution in [-0.2, 0) is 0 Å². The summed E-state index contributed by atoms with van der Waals surface area (Å²) in [5, 5.41) is 10.6. The Morgan fingerprint density at radius 3 is 2.67 bits per heavy atom. The van der Waals surface area contributed by atoms with Crippen LogP contribution in [0.2, 0.25) is 0 Å². The van der Waals surface area contributed by atoms with Gasteiger partial charge in [0.25, 0.3) is 0 Å². The number of anilines is 1. The van der Waals surface area contributed by atoms with Gasteiger partial charge < -0.3 is 10.8 Å². The third-order valence-corrected chi connectivity index (χ3v) is 2.35. The van der Waals surface area contributed by atoms with Crippen molar-refractivity contribution in [2.45, 2.75) is 6.92 Å². The van der Waals surface area contributed by atoms with Crippen LogP contribution in [-0.4, -0.2) is 11.1 Å². The summed E-state index contributed by atoms with van der Waals surface area (Å²) in [6.45, 7) is 1.87. The van der Waals surface area contributed by atoms with Crippen molar-refractivity contribution in [2.75, 3.05) is 5.73 Å². The molecule has 3 N–H and O–H groups in total. The van der Waals surface area contributed by atoms with Gasteiger partial charge in [-0.1, -0.05) is 12.1 Å². The van der Waals surface area contributed by atoms with Gasteiger partial charge in [0, 0.05) is 5.69 Å². The molecule has 0 spiro atoms. The van der Waals surface area contributed by atoms with Crippen LogP contribution in [0.25, 0.3) is 10.8 Å². The lowest BCUT2D eigenvalue weighted by Crippen LogP contribution is -1.98. The summed E-state index contributed by atoms with van der Waals surface area (Å²) >= 11 is 0. The Hall–Kier alpha value is -2.03. The Kier molecular flexibility index (Phi) is 2.08. The maximum Gasteiger partial charge on any atom is 0.336 e. The number of hydrogen-bond donors (Lipinski definition) is 2. The molecular formula is C12H11NO2. The summed E-state index contributed by atoms with van der Waals surface area (Å²) in [4.78, 5) is 11.0. The maximum atomic E-state index is 11.0. The zero-order valence-electron chi connectivity index (χ0n) is 8.32. The molecule has 0 atom stereocenters. The molecule has 0 unspecified atom stereocenters. The number of carbonyl (C=O) groups is 1. The quantitative estimate of drug-likeness (QED) is 0.696. The molecule has 0 radical (unpaired) electrons. The molecule has 15 heavy (non-hydrogen) atoms. The topological polar surface area (TPSA) is 63.3 Å². The van der Waals surface area contributed by atoms with Gasteiger partial charge in [-0.25, -0.2) is 4.79 Å². The van der Waals surface area contributed by atoms with Crippen molar-refractivity contribution in [2.24, 2.45) is 0 Å². The highest BCUT2D eigenvalue weighted by Crippen LogP contribution is 2.23. The van der Waals surface area contributed by atoms with E-state index in [1.807, 2.05) is 13.0 Å². The Morgan fingerprint density at radius 1 is 1.27 bits per heavy atom. The van der Waals surface area contributed by atoms with Gasteiger partial charge in [0.2, 0.25) is 0 Å². The minimum atomic E-state index is -0.909. The Bertz CT molecular complexity index is 541. The second-order valence-electron chi connectivity index (χ2n) is 3.60. The van der Waals surface area contributed by atoms with Crippen LogP contribution in [0.1, 0.15) is 15.9 Å². The summed E-state index contributed by atoms with van der Waals surface area (Å²) in [5.74, 6) is -0.909. The molecule has 2 aromatic carbocycles. The van der Waals surface area contributed by atoms with Gasteiger partial charge in [0.15, 0.2) is 0 Å². The number of fused-ring (bicyclic) bond motifs is 1. The van der Waals surface area contributed by atoms with Gasteiger partial charge in [-0.15, -0.1) is 0 Å². The molecule has 0 bridgehead atoms. The lowest BCUT2D eigenvalue weighted by atomic mass is 10.0. The fraction of sp³-hybridized carbons (Fsp3) is 0.0833. The van der Waals surface area contributed by atoms with Crippen LogP contribution in [0.3, 0.4) is 0 Å². The number of nitrogens with two attached hydrogens (primary N) is 1. The van der Waals surface area contributed by atoms with E-state index in [4.69, 9.17) is 10.8 Å². The smallest absolute Gasteiger partial charge is 0.336 e. The Balaban J connectivity index is 2.86. The molecule has 0 heterocycles. The van der Waals surface area contributed by atoms with E-state index in [1.54, 1.807) is 24.3 Å². The summed E-state index contributed by atoms with van der Waals surface area (Å²) in [7, 11) is 0. The third kappa shape index (κ3) is 1.64. The van der Waals surface area contributed by atoms with E-state index < -0.39 is 5.97 Å². The normalized spacial score (nSPS) is 10.5. The van der Waals surface area contributed by atoms with E-state index in [0.29, 0.717) is 11.3 Å². The number of nitrogen functional groups attached to an aromatic ring is 1. The molecule has 2 aromatic rings. The zero-order chi connectivity index (χ0) is 11.0. The third-order valence-electron chi connectivity index (χ3n) is 2.35. The van der Waals surface area contributed by atoms with Gasteiger partial charge in [-0.05, 0) is 41.5 Å². The number of aryl methyl sites for hydroxylation is 1. The second kappa shape index (κ2) is 3.28. The van der Waals surface area contributed by atoms with E-state index in [9.17, 15) is 4.79 Å². The van der Waals surface area contributed by atoms with E-state index in [0.717, 1.165) is 16.3 Å². The van der Waals surface area contributed by atoms with Crippen LogP contribution in [0.15, 0.2) is 30.3 Å². The number of carboxylic acids is 1. The van der Waals surface area contributed by atoms with Crippen LogP contribution in [0.5, 0.6) is 0 Å². The summed E-state index contributed by atoms with van der Waals surface area (Å²) < 4.78 is 0. The number of rotatable bonds is 1. The Morgan fingerprint density at radius 2 is 2.00 bits per heavy atom. The van der Waals surface area contributed by atoms with Gasteiger partial charge in [0.1, 0.15) is 0 Å². The lowest BCUT2D eigenvalue weighted by molar-refractivity contribution is 0.0699. The minimum absolute atomic E-state index is 0.324. The van der Waals surface area contributed by atoms with E-state index >= 15 is 0 Å². The van der Waals surface area contributed by atoms with E-state index in [-0.39, 0.29) is 0 Å². The first kappa shape index (κ1) is 9.52. The summed E-state index contributed by atoms with van der Waals surface area (Å²) in [6.07, 6.45) is 0. The fourth-order valence-corrected chi connectivity index (χ4v) is 1.72. The standard InChI is InChI=1S/C12H11NO2/c1-7-4-8-6-9(13)2-3-10(8)11(5-7)12(14)15/h2-6H,13H2,1H3,(H,14,15). The molecular weight excluding hydrogens is 190 g/mol. The van der Waals surface area contributed by atoms with E-state index in [2.05, 4.69) is 0 Å². The predicted molar refractivity (Wildman–Crippen MR) is 60.1 cm³/mol. The summed E-state index contributed by atoms with van der Waals surface area (Å²) in [5.41, 5.74) is 7.54. The first-order chi connectivity index (χ1) is 7.08. The molecule has 0 aliphatic carbocycles. The van der Waals surface area contributed by atoms with Gasteiger partial charge in [0.05, 0.1) is 5.56 Å². The zero-order valence-corrected chi connectivity index (χ0v) is 8.32. The SMILES string of the molecule is Cc1cc(C(=O)O)c2ccc(N)cc2c1. The van der Waals surface area contributed by atoms with Crippen LogP contribution in [0.4, 0.5) is 5.69 Å². The largest absolute Gasteiger partial charge is 0.478 e. The van der Waals surface area contributed by atoms with E-state index in [1.165, 1.54) is 0 Å². The van der Waals surface area contributed by atoms with Crippen molar-refractivity contribution in [3.05, 3.63) is 41.5 Å². The first-order valence-electron chi connectivity index (χ1n) is 4.61. The van der Waals surface area contributed by atoms with Crippen molar-refractivity contribution >= 4 is 22.4 Å². The fourth-order valence-electron chi connectivity index (χ4n) is 1.72. The van der Waals surface area contributed by atoms with Crippen molar-refractivity contribution in [3.63, 3.8) is 0 Å². The minimum Gasteiger partial charge on any atom is -0.478 e. The molecule has 0 saturated heterocycles. The molecule has 0 fully saturated rings. The second-order valence-corrected chi connectivity index (χ2v) is 3.60. The number of carboxylic acid groups (broad SMARTS) is 1. The molecule has 0 aromatic heterocycles. The molecule has 3 heteroatoms. The average Bonchev–Trinajstić information content (AvgIpc) is 2.15. The van der Waals surface area contributed by atoms with Gasteiger partial charge in [-0.3, -0.25) is 0 Å². The highest BCUT2D eigenvalue weighted by Gasteiger charge is 2.08. The molecule has 2 rings (SSSR count). The molecule has 0 aliphatic rings. The van der Waals surface area contributed by atoms with Gasteiger partial charge >= 0.3 is 5.97 Å². The predicted octanol–water partition coefficient (Wildman–Crippen LogP) is 2.43. The number of benzene rings is 2. The number of aromatic carboxylic acids is 1. The molecule has 76 valence electrons. The highest BCUT2D eigenvalue weighted by atomic mass is 16.4. The van der Waals surface area contributed by atoms with Crippen molar-refractivity contribution in [1.29, 1.82) is 0 Å². The lowest BCUT2D eigenvalue weighted by Gasteiger charge is -2.05. The molecule has 0 aliphatic heterocycles.